The van der Waals surface area contributed by atoms with Gasteiger partial charge in [0.15, 0.2) is 0 Å². The zero-order chi connectivity index (χ0) is 11.7. The molecule has 1 unspecified atom stereocenters. The fraction of sp³-hybridized carbons (Fsp3) is 0.714. The third-order valence-electron chi connectivity index (χ3n) is 4.00. The van der Waals surface area contributed by atoms with Crippen molar-refractivity contribution in [1.82, 2.24) is 10.2 Å². The van der Waals surface area contributed by atoms with Crippen molar-refractivity contribution in [3.05, 3.63) is 21.9 Å². The Balaban J connectivity index is 1.45. The van der Waals surface area contributed by atoms with Crippen LogP contribution in [0.15, 0.2) is 10.8 Å². The van der Waals surface area contributed by atoms with E-state index in [0.717, 1.165) is 18.5 Å². The van der Waals surface area contributed by atoms with E-state index in [2.05, 4.69) is 27.9 Å². The van der Waals surface area contributed by atoms with Crippen LogP contribution in [0.2, 0.25) is 0 Å². The molecule has 1 aromatic rings. The van der Waals surface area contributed by atoms with Gasteiger partial charge in [-0.3, -0.25) is 4.90 Å². The number of nitrogens with one attached hydrogen (secondary N) is 1. The summed E-state index contributed by atoms with van der Waals surface area (Å²) >= 11 is 1.83. The molecule has 1 atom stereocenters. The van der Waals surface area contributed by atoms with E-state index < -0.39 is 0 Å². The second kappa shape index (κ2) is 5.09. The molecule has 3 rings (SSSR count). The van der Waals surface area contributed by atoms with E-state index >= 15 is 0 Å². The Bertz CT molecular complexity index is 370. The standard InChI is InChI=1S/C14H22N2S/c1-11-9-17-10-13(11)8-16-5-4-12(7-16)6-15-14-2-3-14/h9-10,12,14-15H,2-8H2,1H3. The fourth-order valence-corrected chi connectivity index (χ4v) is 3.48. The highest BCUT2D eigenvalue weighted by Crippen LogP contribution is 2.23. The first-order chi connectivity index (χ1) is 8.31. The third kappa shape index (κ3) is 3.09. The number of nitrogens with zero attached hydrogens (tertiary/aromatic N) is 1. The Morgan fingerprint density at radius 2 is 2.24 bits per heavy atom. The Hall–Kier alpha value is -0.380. The van der Waals surface area contributed by atoms with Gasteiger partial charge in [0.1, 0.15) is 0 Å². The minimum atomic E-state index is 0.864. The van der Waals surface area contributed by atoms with Crippen molar-refractivity contribution in [2.75, 3.05) is 19.6 Å². The third-order valence-corrected chi connectivity index (χ3v) is 4.91. The van der Waals surface area contributed by atoms with Gasteiger partial charge in [0.2, 0.25) is 0 Å². The highest BCUT2D eigenvalue weighted by molar-refractivity contribution is 7.08. The zero-order valence-corrected chi connectivity index (χ0v) is 11.4. The highest BCUT2D eigenvalue weighted by Gasteiger charge is 2.26. The molecule has 1 saturated carbocycles. The maximum Gasteiger partial charge on any atom is 0.0244 e. The molecule has 0 bridgehead atoms. The minimum absolute atomic E-state index is 0.864. The molecule has 3 heteroatoms. The normalized spacial score (nSPS) is 25.6. The van der Waals surface area contributed by atoms with Crippen LogP contribution in [-0.4, -0.2) is 30.6 Å². The average Bonchev–Trinajstić information content (AvgIpc) is 2.92. The fourth-order valence-electron chi connectivity index (χ4n) is 2.63. The van der Waals surface area contributed by atoms with Crippen LogP contribution in [0.5, 0.6) is 0 Å². The van der Waals surface area contributed by atoms with Crippen molar-refractivity contribution in [1.29, 1.82) is 0 Å². The predicted octanol–water partition coefficient (Wildman–Crippen LogP) is 2.63. The van der Waals surface area contributed by atoms with Crippen LogP contribution in [-0.2, 0) is 6.54 Å². The summed E-state index contributed by atoms with van der Waals surface area (Å²) in [5.74, 6) is 0.884. The molecule has 1 N–H and O–H groups in total. The summed E-state index contributed by atoms with van der Waals surface area (Å²) < 4.78 is 0. The van der Waals surface area contributed by atoms with Gasteiger partial charge in [0.05, 0.1) is 0 Å². The molecular weight excluding hydrogens is 228 g/mol. The molecule has 1 aromatic heterocycles. The lowest BCUT2D eigenvalue weighted by atomic mass is 10.1. The van der Waals surface area contributed by atoms with E-state index in [0.29, 0.717) is 0 Å². The number of hydrogen-bond acceptors (Lipinski definition) is 3. The van der Waals surface area contributed by atoms with Crippen molar-refractivity contribution in [3.63, 3.8) is 0 Å². The Morgan fingerprint density at radius 3 is 2.94 bits per heavy atom. The first kappa shape index (κ1) is 11.7. The van der Waals surface area contributed by atoms with Crippen molar-refractivity contribution < 1.29 is 0 Å². The molecule has 1 aliphatic carbocycles. The number of likely N-dealkylation sites (tertiary alicyclic amines) is 1. The molecule has 2 fully saturated rings. The van der Waals surface area contributed by atoms with E-state index in [9.17, 15) is 0 Å². The molecular formula is C14H22N2S. The van der Waals surface area contributed by atoms with Gasteiger partial charge in [-0.25, -0.2) is 0 Å². The summed E-state index contributed by atoms with van der Waals surface area (Å²) in [5, 5.41) is 8.24. The Morgan fingerprint density at radius 1 is 1.35 bits per heavy atom. The van der Waals surface area contributed by atoms with E-state index in [-0.39, 0.29) is 0 Å². The van der Waals surface area contributed by atoms with Crippen LogP contribution in [0.4, 0.5) is 0 Å². The van der Waals surface area contributed by atoms with Crippen LogP contribution in [0, 0.1) is 12.8 Å². The maximum absolute atomic E-state index is 3.66. The molecule has 2 nitrogen and oxygen atoms in total. The van der Waals surface area contributed by atoms with E-state index in [1.165, 1.54) is 50.0 Å². The van der Waals surface area contributed by atoms with Gasteiger partial charge in [-0.05, 0) is 67.1 Å². The molecule has 17 heavy (non-hydrogen) atoms. The number of rotatable bonds is 5. The Labute approximate surface area is 108 Å². The number of aryl methyl sites for hydroxylation is 1. The lowest BCUT2D eigenvalue weighted by molar-refractivity contribution is 0.314. The maximum atomic E-state index is 3.66. The number of hydrogen-bond donors (Lipinski definition) is 1. The molecule has 0 amide bonds. The average molecular weight is 250 g/mol. The summed E-state index contributed by atoms with van der Waals surface area (Å²) in [6.45, 7) is 7.20. The Kier molecular flexibility index (Phi) is 3.50. The molecule has 0 spiro atoms. The SMILES string of the molecule is Cc1cscc1CN1CCC(CNC2CC2)C1. The van der Waals surface area contributed by atoms with Crippen LogP contribution < -0.4 is 5.32 Å². The molecule has 2 heterocycles. The van der Waals surface area contributed by atoms with E-state index in [4.69, 9.17) is 0 Å². The monoisotopic (exact) mass is 250 g/mol. The van der Waals surface area contributed by atoms with Crippen LogP contribution in [0.25, 0.3) is 0 Å². The lowest BCUT2D eigenvalue weighted by Crippen LogP contribution is -2.27. The van der Waals surface area contributed by atoms with E-state index in [1.807, 2.05) is 11.3 Å². The first-order valence-electron chi connectivity index (χ1n) is 6.78. The molecule has 0 radical (unpaired) electrons. The lowest BCUT2D eigenvalue weighted by Gasteiger charge is -2.16. The second-order valence-corrected chi connectivity index (χ2v) is 6.40. The predicted molar refractivity (Wildman–Crippen MR) is 73.5 cm³/mol. The van der Waals surface area contributed by atoms with Crippen LogP contribution >= 0.6 is 11.3 Å². The van der Waals surface area contributed by atoms with Gasteiger partial charge in [0, 0.05) is 19.1 Å². The topological polar surface area (TPSA) is 15.3 Å². The van der Waals surface area contributed by atoms with Gasteiger partial charge >= 0.3 is 0 Å². The van der Waals surface area contributed by atoms with Gasteiger partial charge in [-0.2, -0.15) is 11.3 Å². The largest absolute Gasteiger partial charge is 0.314 e. The molecule has 2 aliphatic rings. The second-order valence-electron chi connectivity index (χ2n) is 5.65. The van der Waals surface area contributed by atoms with E-state index in [1.54, 1.807) is 0 Å². The quantitative estimate of drug-likeness (QED) is 0.864. The van der Waals surface area contributed by atoms with Gasteiger partial charge < -0.3 is 5.32 Å². The summed E-state index contributed by atoms with van der Waals surface area (Å²) in [6.07, 6.45) is 4.19. The first-order valence-corrected chi connectivity index (χ1v) is 7.73. The summed E-state index contributed by atoms with van der Waals surface area (Å²) in [6, 6.07) is 0.864. The molecule has 1 aliphatic heterocycles. The van der Waals surface area contributed by atoms with Crippen molar-refractivity contribution in [2.24, 2.45) is 5.92 Å². The van der Waals surface area contributed by atoms with Crippen molar-refractivity contribution in [2.45, 2.75) is 38.8 Å². The molecule has 0 aromatic carbocycles. The molecule has 94 valence electrons. The van der Waals surface area contributed by atoms with Crippen LogP contribution in [0.3, 0.4) is 0 Å². The smallest absolute Gasteiger partial charge is 0.0244 e. The highest BCUT2D eigenvalue weighted by atomic mass is 32.1. The summed E-state index contributed by atoms with van der Waals surface area (Å²) in [7, 11) is 0. The minimum Gasteiger partial charge on any atom is -0.314 e. The van der Waals surface area contributed by atoms with Gasteiger partial charge in [0.25, 0.3) is 0 Å². The van der Waals surface area contributed by atoms with Crippen molar-refractivity contribution >= 4 is 11.3 Å². The van der Waals surface area contributed by atoms with Crippen molar-refractivity contribution in [3.8, 4) is 0 Å². The number of thiophene rings is 1. The zero-order valence-electron chi connectivity index (χ0n) is 10.6. The molecule has 1 saturated heterocycles. The van der Waals surface area contributed by atoms with Gasteiger partial charge in [-0.15, -0.1) is 0 Å². The van der Waals surface area contributed by atoms with Gasteiger partial charge in [-0.1, -0.05) is 0 Å². The summed E-state index contributed by atoms with van der Waals surface area (Å²) in [4.78, 5) is 2.62. The van der Waals surface area contributed by atoms with Crippen LogP contribution in [0.1, 0.15) is 30.4 Å². The summed E-state index contributed by atoms with van der Waals surface area (Å²) in [5.41, 5.74) is 3.00.